The van der Waals surface area contributed by atoms with Gasteiger partial charge in [0.15, 0.2) is 17.3 Å². The molecule has 5 rings (SSSR count). The topological polar surface area (TPSA) is 104 Å². The molecule has 1 saturated carbocycles. The van der Waals surface area contributed by atoms with Gasteiger partial charge in [-0.1, -0.05) is 17.7 Å². The lowest BCUT2D eigenvalue weighted by Gasteiger charge is -2.16. The maximum Gasteiger partial charge on any atom is 0.170 e. The molecule has 7 nitrogen and oxygen atoms in total. The average molecular weight is 505 g/mol. The smallest absolute Gasteiger partial charge is 0.170 e. The predicted octanol–water partition coefficient (Wildman–Crippen LogP) is 6.13. The van der Waals surface area contributed by atoms with Crippen molar-refractivity contribution in [1.82, 2.24) is 9.97 Å². The van der Waals surface area contributed by atoms with Gasteiger partial charge in [0.05, 0.1) is 33.7 Å². The van der Waals surface area contributed by atoms with Crippen molar-refractivity contribution in [3.63, 3.8) is 0 Å². The monoisotopic (exact) mass is 504 g/mol. The number of anilines is 3. The summed E-state index contributed by atoms with van der Waals surface area (Å²) in [5, 5.41) is 16.7. The van der Waals surface area contributed by atoms with Crippen molar-refractivity contribution in [2.75, 3.05) is 17.2 Å². The number of ketones is 1. The minimum Gasteiger partial charge on any atom is -0.504 e. The first kappa shape index (κ1) is 23.7. The van der Waals surface area contributed by atoms with E-state index in [9.17, 15) is 19.1 Å². The number of pyridine rings is 2. The quantitative estimate of drug-likeness (QED) is 0.143. The maximum atomic E-state index is 14.2. The van der Waals surface area contributed by atoms with E-state index < -0.39 is 11.6 Å². The molecule has 1 aliphatic rings. The Hall–Kier alpha value is -4.04. The lowest BCUT2D eigenvalue weighted by molar-refractivity contribution is -0.107. The molecule has 9 heteroatoms. The largest absolute Gasteiger partial charge is 0.504 e. The number of aromatic hydroxyl groups is 1. The second-order valence-corrected chi connectivity index (χ2v) is 9.05. The standard InChI is InChI=1S/C27H22ClFN4O3/c28-21-11-17(12-22(29)27(21)36)16-4-6-23-19(10-16)25(20(14-31-23)26(35)15-2-3-15)33-18-5-7-24(32-13-18)30-8-1-9-34/h4-7,9-15,36H,1-3,8H2,(H,30,32)(H,31,33). The molecule has 182 valence electrons. The molecule has 2 aromatic carbocycles. The van der Waals surface area contributed by atoms with E-state index in [1.807, 2.05) is 12.1 Å². The molecule has 2 heterocycles. The third-order valence-corrected chi connectivity index (χ3v) is 6.32. The number of fused-ring (bicyclic) bond motifs is 1. The van der Waals surface area contributed by atoms with Crippen LogP contribution in [0.3, 0.4) is 0 Å². The van der Waals surface area contributed by atoms with Crippen LogP contribution in [0, 0.1) is 11.7 Å². The van der Waals surface area contributed by atoms with Crippen molar-refractivity contribution in [3.05, 3.63) is 71.3 Å². The first-order chi connectivity index (χ1) is 17.4. The van der Waals surface area contributed by atoms with E-state index in [1.165, 1.54) is 12.1 Å². The van der Waals surface area contributed by atoms with E-state index >= 15 is 0 Å². The van der Waals surface area contributed by atoms with E-state index in [0.29, 0.717) is 57.8 Å². The maximum absolute atomic E-state index is 14.2. The number of benzene rings is 2. The van der Waals surface area contributed by atoms with Gasteiger partial charge in [-0.05, 0) is 60.4 Å². The number of carbonyl (C=O) groups excluding carboxylic acids is 2. The van der Waals surface area contributed by atoms with Crippen LogP contribution in [0.1, 0.15) is 29.6 Å². The summed E-state index contributed by atoms with van der Waals surface area (Å²) in [6.07, 6.45) is 6.15. The summed E-state index contributed by atoms with van der Waals surface area (Å²) in [5.74, 6) is -0.778. The molecule has 0 saturated heterocycles. The summed E-state index contributed by atoms with van der Waals surface area (Å²) < 4.78 is 14.2. The molecule has 1 aliphatic carbocycles. The van der Waals surface area contributed by atoms with Crippen LogP contribution in [0.2, 0.25) is 5.02 Å². The van der Waals surface area contributed by atoms with Crippen LogP contribution in [-0.4, -0.2) is 33.7 Å². The second kappa shape index (κ2) is 9.91. The third kappa shape index (κ3) is 4.85. The highest BCUT2D eigenvalue weighted by molar-refractivity contribution is 6.32. The summed E-state index contributed by atoms with van der Waals surface area (Å²) in [6, 6.07) is 11.7. The summed E-state index contributed by atoms with van der Waals surface area (Å²) >= 11 is 6.00. The number of phenolic OH excluding ortho intramolecular Hbond substituents is 1. The molecule has 1 fully saturated rings. The molecule has 2 aromatic heterocycles. The van der Waals surface area contributed by atoms with Crippen molar-refractivity contribution in [1.29, 1.82) is 0 Å². The Morgan fingerprint density at radius 1 is 1.11 bits per heavy atom. The van der Waals surface area contributed by atoms with E-state index in [1.54, 1.807) is 30.6 Å². The predicted molar refractivity (Wildman–Crippen MR) is 138 cm³/mol. The van der Waals surface area contributed by atoms with Crippen LogP contribution in [0.4, 0.5) is 21.6 Å². The second-order valence-electron chi connectivity index (χ2n) is 8.65. The Morgan fingerprint density at radius 3 is 2.64 bits per heavy atom. The van der Waals surface area contributed by atoms with Gasteiger partial charge in [-0.25, -0.2) is 9.37 Å². The normalized spacial score (nSPS) is 12.9. The molecule has 0 bridgehead atoms. The van der Waals surface area contributed by atoms with Crippen LogP contribution in [0.25, 0.3) is 22.0 Å². The number of rotatable bonds is 9. The number of Topliss-reactive ketones (excluding diaryl/α,β-unsaturated/α-hetero) is 1. The first-order valence-corrected chi connectivity index (χ1v) is 11.9. The zero-order chi connectivity index (χ0) is 25.2. The molecule has 0 atom stereocenters. The van der Waals surface area contributed by atoms with Gasteiger partial charge in [0.2, 0.25) is 0 Å². The number of hydrogen-bond donors (Lipinski definition) is 3. The lowest BCUT2D eigenvalue weighted by Crippen LogP contribution is -2.08. The number of halogens is 2. The summed E-state index contributed by atoms with van der Waals surface area (Å²) in [6.45, 7) is 0.489. The molecule has 0 aliphatic heterocycles. The van der Waals surface area contributed by atoms with Gasteiger partial charge in [0, 0.05) is 30.5 Å². The Bertz CT molecular complexity index is 1450. The number of nitrogens with zero attached hydrogens (tertiary/aromatic N) is 2. The highest BCUT2D eigenvalue weighted by Gasteiger charge is 2.32. The molecular weight excluding hydrogens is 483 g/mol. The molecule has 36 heavy (non-hydrogen) atoms. The molecule has 3 N–H and O–H groups in total. The molecule has 0 amide bonds. The molecular formula is C27H22ClFN4O3. The summed E-state index contributed by atoms with van der Waals surface area (Å²) in [5.41, 5.74) is 3.51. The van der Waals surface area contributed by atoms with Gasteiger partial charge in [0.25, 0.3) is 0 Å². The SMILES string of the molecule is O=CCCNc1ccc(Nc2c(C(=O)C3CC3)cnc3ccc(-c4cc(F)c(O)c(Cl)c4)cc23)cn1. The van der Waals surface area contributed by atoms with Crippen LogP contribution in [0.5, 0.6) is 5.75 Å². The van der Waals surface area contributed by atoms with Crippen molar-refractivity contribution in [2.45, 2.75) is 19.3 Å². The lowest BCUT2D eigenvalue weighted by atomic mass is 9.98. The minimum atomic E-state index is -0.820. The fourth-order valence-corrected chi connectivity index (χ4v) is 4.17. The van der Waals surface area contributed by atoms with E-state index in [0.717, 1.165) is 19.1 Å². The first-order valence-electron chi connectivity index (χ1n) is 11.5. The molecule has 0 radical (unpaired) electrons. The molecule has 0 unspecified atom stereocenters. The van der Waals surface area contributed by atoms with Crippen LogP contribution >= 0.6 is 11.6 Å². The Labute approximate surface area is 211 Å². The highest BCUT2D eigenvalue weighted by atomic mass is 35.5. The van der Waals surface area contributed by atoms with Crippen molar-refractivity contribution >= 4 is 51.8 Å². The van der Waals surface area contributed by atoms with Crippen molar-refractivity contribution in [2.24, 2.45) is 5.92 Å². The van der Waals surface area contributed by atoms with Crippen LogP contribution in [0.15, 0.2) is 54.9 Å². The van der Waals surface area contributed by atoms with Gasteiger partial charge in [-0.2, -0.15) is 0 Å². The zero-order valence-corrected chi connectivity index (χ0v) is 19.8. The fraction of sp³-hybridized carbons (Fsp3) is 0.185. The van der Waals surface area contributed by atoms with Crippen molar-refractivity contribution < 1.29 is 19.1 Å². The summed E-state index contributed by atoms with van der Waals surface area (Å²) in [7, 11) is 0. The zero-order valence-electron chi connectivity index (χ0n) is 19.1. The number of hydrogen-bond acceptors (Lipinski definition) is 7. The van der Waals surface area contributed by atoms with E-state index in [2.05, 4.69) is 20.6 Å². The molecule has 0 spiro atoms. The van der Waals surface area contributed by atoms with Crippen molar-refractivity contribution in [3.8, 4) is 16.9 Å². The third-order valence-electron chi connectivity index (χ3n) is 6.03. The summed E-state index contributed by atoms with van der Waals surface area (Å²) in [4.78, 5) is 32.5. The Morgan fingerprint density at radius 2 is 1.94 bits per heavy atom. The number of aromatic nitrogens is 2. The van der Waals surface area contributed by atoms with Crippen LogP contribution in [-0.2, 0) is 4.79 Å². The van der Waals surface area contributed by atoms with Gasteiger partial charge >= 0.3 is 0 Å². The van der Waals surface area contributed by atoms with E-state index in [4.69, 9.17) is 11.6 Å². The highest BCUT2D eigenvalue weighted by Crippen LogP contribution is 2.39. The van der Waals surface area contributed by atoms with Gasteiger partial charge < -0.3 is 20.5 Å². The fourth-order valence-electron chi connectivity index (χ4n) is 3.97. The Balaban J connectivity index is 1.57. The average Bonchev–Trinajstić information content (AvgIpc) is 3.73. The van der Waals surface area contributed by atoms with Crippen LogP contribution < -0.4 is 10.6 Å². The Kier molecular flexibility index (Phi) is 6.52. The minimum absolute atomic E-state index is 0.0134. The molecule has 4 aromatic rings. The van der Waals surface area contributed by atoms with Gasteiger partial charge in [0.1, 0.15) is 12.1 Å². The number of aldehydes is 1. The van der Waals surface area contributed by atoms with Gasteiger partial charge in [-0.15, -0.1) is 0 Å². The van der Waals surface area contributed by atoms with Gasteiger partial charge in [-0.3, -0.25) is 9.78 Å². The number of nitrogens with one attached hydrogen (secondary N) is 2. The van der Waals surface area contributed by atoms with E-state index in [-0.39, 0.29) is 16.7 Å². The number of carbonyl (C=O) groups is 2. The number of phenols is 1.